The minimum atomic E-state index is -0.365. The van der Waals surface area contributed by atoms with E-state index in [9.17, 15) is 9.59 Å². The number of hydrogen-bond donors (Lipinski definition) is 1. The van der Waals surface area contributed by atoms with E-state index < -0.39 is 0 Å². The maximum absolute atomic E-state index is 11.6. The Morgan fingerprint density at radius 3 is 2.21 bits per heavy atom. The topological polar surface area (TPSA) is 64.6 Å². The largest absolute Gasteiger partial charge is 0.497 e. The van der Waals surface area contributed by atoms with Crippen LogP contribution in [0, 0.1) is 0 Å². The van der Waals surface area contributed by atoms with Gasteiger partial charge in [-0.25, -0.2) is 0 Å². The van der Waals surface area contributed by atoms with E-state index in [4.69, 9.17) is 9.47 Å². The number of amides is 2. The van der Waals surface area contributed by atoms with Gasteiger partial charge < -0.3 is 9.47 Å². The van der Waals surface area contributed by atoms with Gasteiger partial charge in [0.25, 0.3) is 11.1 Å². The van der Waals surface area contributed by atoms with E-state index >= 15 is 0 Å². The lowest BCUT2D eigenvalue weighted by Gasteiger charge is -2.09. The fourth-order valence-electron chi connectivity index (χ4n) is 2.86. The molecule has 0 unspecified atom stereocenters. The molecule has 1 heterocycles. The molecule has 1 N–H and O–H groups in total. The van der Waals surface area contributed by atoms with Crippen LogP contribution in [0.3, 0.4) is 0 Å². The summed E-state index contributed by atoms with van der Waals surface area (Å²) < 4.78 is 11.2. The van der Waals surface area contributed by atoms with Gasteiger partial charge in [0.1, 0.15) is 17.2 Å². The van der Waals surface area contributed by atoms with E-state index in [1.807, 2.05) is 72.8 Å². The molecule has 1 aliphatic rings. The standard InChI is InChI=1S/C23H17NO4S/c1-27-18-11-7-16(8-12-18)17-3-2-4-20(14-17)28-19-9-5-15(6-10-19)13-21-22(25)24-23(26)29-21/h2-14H,1H3,(H,24,25,26). The number of methoxy groups -OCH3 is 1. The summed E-state index contributed by atoms with van der Waals surface area (Å²) in [7, 11) is 1.64. The van der Waals surface area contributed by atoms with Crippen molar-refractivity contribution in [2.24, 2.45) is 0 Å². The third-order valence-electron chi connectivity index (χ3n) is 4.31. The van der Waals surface area contributed by atoms with Crippen LogP contribution in [0.4, 0.5) is 4.79 Å². The third-order valence-corrected chi connectivity index (χ3v) is 5.12. The molecule has 3 aromatic carbocycles. The van der Waals surface area contributed by atoms with E-state index in [0.29, 0.717) is 10.7 Å². The molecule has 0 saturated carbocycles. The van der Waals surface area contributed by atoms with Gasteiger partial charge in [0.2, 0.25) is 0 Å². The smallest absolute Gasteiger partial charge is 0.290 e. The average Bonchev–Trinajstić information content (AvgIpc) is 3.06. The van der Waals surface area contributed by atoms with Crippen LogP contribution in [0.5, 0.6) is 17.2 Å². The minimum Gasteiger partial charge on any atom is -0.497 e. The van der Waals surface area contributed by atoms with Crippen LogP contribution in [0.1, 0.15) is 5.56 Å². The Labute approximate surface area is 172 Å². The minimum absolute atomic E-state index is 0.349. The van der Waals surface area contributed by atoms with Crippen LogP contribution in [-0.4, -0.2) is 18.3 Å². The van der Waals surface area contributed by atoms with Crippen molar-refractivity contribution < 1.29 is 19.1 Å². The van der Waals surface area contributed by atoms with E-state index in [1.165, 1.54) is 0 Å². The highest BCUT2D eigenvalue weighted by atomic mass is 32.2. The molecule has 0 aromatic heterocycles. The molecule has 1 fully saturated rings. The van der Waals surface area contributed by atoms with Gasteiger partial charge in [-0.3, -0.25) is 14.9 Å². The predicted molar refractivity (Wildman–Crippen MR) is 114 cm³/mol. The molecule has 0 spiro atoms. The Balaban J connectivity index is 1.48. The lowest BCUT2D eigenvalue weighted by Crippen LogP contribution is -2.17. The first-order valence-corrected chi connectivity index (χ1v) is 9.70. The first kappa shape index (κ1) is 18.8. The zero-order valence-electron chi connectivity index (χ0n) is 15.5. The van der Waals surface area contributed by atoms with Gasteiger partial charge in [-0.1, -0.05) is 36.4 Å². The first-order valence-electron chi connectivity index (χ1n) is 8.88. The molecule has 6 heteroatoms. The number of carbonyl (C=O) groups is 2. The number of benzene rings is 3. The van der Waals surface area contributed by atoms with Crippen molar-refractivity contribution in [3.8, 4) is 28.4 Å². The summed E-state index contributed by atoms with van der Waals surface area (Å²) >= 11 is 0.899. The van der Waals surface area contributed by atoms with Crippen molar-refractivity contribution in [3.05, 3.63) is 83.3 Å². The number of imide groups is 1. The number of carbonyl (C=O) groups excluding carboxylic acids is 2. The third kappa shape index (κ3) is 4.50. The Bertz CT molecular complexity index is 1090. The molecule has 0 aliphatic carbocycles. The second-order valence-electron chi connectivity index (χ2n) is 6.28. The molecule has 29 heavy (non-hydrogen) atoms. The van der Waals surface area contributed by atoms with Crippen LogP contribution in [0.2, 0.25) is 0 Å². The lowest BCUT2D eigenvalue weighted by atomic mass is 10.1. The Kier molecular flexibility index (Phi) is 5.35. The Hall–Kier alpha value is -3.51. The second-order valence-corrected chi connectivity index (χ2v) is 7.29. The molecule has 2 amide bonds. The molecule has 144 valence electrons. The molecule has 0 atom stereocenters. The highest BCUT2D eigenvalue weighted by Gasteiger charge is 2.24. The summed E-state index contributed by atoms with van der Waals surface area (Å²) in [5.41, 5.74) is 2.93. The van der Waals surface area contributed by atoms with Crippen LogP contribution in [0.15, 0.2) is 77.7 Å². The van der Waals surface area contributed by atoms with E-state index in [-0.39, 0.29) is 11.1 Å². The number of thioether (sulfide) groups is 1. The van der Waals surface area contributed by atoms with Crippen molar-refractivity contribution in [3.63, 3.8) is 0 Å². The van der Waals surface area contributed by atoms with Gasteiger partial charge in [-0.15, -0.1) is 0 Å². The van der Waals surface area contributed by atoms with E-state index in [2.05, 4.69) is 5.32 Å². The summed E-state index contributed by atoms with van der Waals surface area (Å²) in [4.78, 5) is 23.3. The maximum Gasteiger partial charge on any atom is 0.290 e. The summed E-state index contributed by atoms with van der Waals surface area (Å²) in [6, 6.07) is 23.0. The average molecular weight is 403 g/mol. The van der Waals surface area contributed by atoms with E-state index in [1.54, 1.807) is 13.2 Å². The highest BCUT2D eigenvalue weighted by Crippen LogP contribution is 2.30. The molecule has 1 saturated heterocycles. The number of ether oxygens (including phenoxy) is 2. The Morgan fingerprint density at radius 1 is 0.828 bits per heavy atom. The van der Waals surface area contributed by atoms with Gasteiger partial charge in [-0.05, 0) is 70.9 Å². The van der Waals surface area contributed by atoms with Crippen molar-refractivity contribution in [2.75, 3.05) is 7.11 Å². The number of nitrogens with one attached hydrogen (secondary N) is 1. The normalized spacial score (nSPS) is 14.7. The molecule has 0 bridgehead atoms. The summed E-state index contributed by atoms with van der Waals surface area (Å²) in [5.74, 6) is 1.85. The SMILES string of the molecule is COc1ccc(-c2cccc(Oc3ccc(C=C4SC(=O)NC4=O)cc3)c2)cc1. The lowest BCUT2D eigenvalue weighted by molar-refractivity contribution is -0.115. The Morgan fingerprint density at radius 2 is 1.55 bits per heavy atom. The van der Waals surface area contributed by atoms with Crippen LogP contribution >= 0.6 is 11.8 Å². The van der Waals surface area contributed by atoms with Crippen molar-refractivity contribution in [1.29, 1.82) is 0 Å². The van der Waals surface area contributed by atoms with Crippen molar-refractivity contribution >= 4 is 29.0 Å². The molecular weight excluding hydrogens is 386 g/mol. The fraction of sp³-hybridized carbons (Fsp3) is 0.0435. The molecular formula is C23H17NO4S. The molecule has 1 aliphatic heterocycles. The quantitative estimate of drug-likeness (QED) is 0.572. The highest BCUT2D eigenvalue weighted by molar-refractivity contribution is 8.18. The maximum atomic E-state index is 11.6. The monoisotopic (exact) mass is 403 g/mol. The predicted octanol–water partition coefficient (Wildman–Crippen LogP) is 5.48. The van der Waals surface area contributed by atoms with Gasteiger partial charge >= 0.3 is 0 Å². The van der Waals surface area contributed by atoms with Crippen LogP contribution < -0.4 is 14.8 Å². The van der Waals surface area contributed by atoms with E-state index in [0.717, 1.165) is 40.0 Å². The van der Waals surface area contributed by atoms with Crippen LogP contribution in [0.25, 0.3) is 17.2 Å². The fourth-order valence-corrected chi connectivity index (χ4v) is 3.55. The zero-order valence-corrected chi connectivity index (χ0v) is 16.4. The summed E-state index contributed by atoms with van der Waals surface area (Å²) in [6.07, 6.45) is 1.68. The van der Waals surface area contributed by atoms with Crippen molar-refractivity contribution in [2.45, 2.75) is 0 Å². The second kappa shape index (κ2) is 8.24. The van der Waals surface area contributed by atoms with Crippen LogP contribution in [-0.2, 0) is 4.79 Å². The first-order chi connectivity index (χ1) is 14.1. The summed E-state index contributed by atoms with van der Waals surface area (Å²) in [6.45, 7) is 0. The number of rotatable bonds is 5. The van der Waals surface area contributed by atoms with Gasteiger partial charge in [0.05, 0.1) is 12.0 Å². The number of hydrogen-bond acceptors (Lipinski definition) is 5. The van der Waals surface area contributed by atoms with Crippen molar-refractivity contribution in [1.82, 2.24) is 5.32 Å². The molecule has 0 radical (unpaired) electrons. The van der Waals surface area contributed by atoms with Gasteiger partial charge in [0, 0.05) is 0 Å². The van der Waals surface area contributed by atoms with Gasteiger partial charge in [0.15, 0.2) is 0 Å². The summed E-state index contributed by atoms with van der Waals surface area (Å²) in [5, 5.41) is 1.89. The molecule has 5 nitrogen and oxygen atoms in total. The zero-order chi connectivity index (χ0) is 20.2. The molecule has 4 rings (SSSR count). The molecule has 3 aromatic rings. The van der Waals surface area contributed by atoms with Gasteiger partial charge in [-0.2, -0.15) is 0 Å².